The summed E-state index contributed by atoms with van der Waals surface area (Å²) in [5, 5.41) is 5.11. The van der Waals surface area contributed by atoms with E-state index in [4.69, 9.17) is 4.43 Å². The number of rotatable bonds is 8. The summed E-state index contributed by atoms with van der Waals surface area (Å²) >= 11 is 0. The molecule has 0 aliphatic carbocycles. The van der Waals surface area contributed by atoms with Crippen LogP contribution in [0.4, 0.5) is 5.69 Å². The minimum Gasteiger partial charge on any atom is -0.416 e. The molecule has 4 heteroatoms. The molecule has 3 rings (SSSR count). The molecule has 0 amide bonds. The predicted molar refractivity (Wildman–Crippen MR) is 124 cm³/mol. The van der Waals surface area contributed by atoms with Crippen molar-refractivity contribution in [2.75, 3.05) is 18.5 Å². The predicted octanol–water partition coefficient (Wildman–Crippen LogP) is 6.32. The van der Waals surface area contributed by atoms with Gasteiger partial charge in [-0.3, -0.25) is 0 Å². The maximum absolute atomic E-state index is 6.41. The average Bonchev–Trinajstić information content (AvgIpc) is 3.00. The maximum Gasteiger partial charge on any atom is 0.191 e. The van der Waals surface area contributed by atoms with Crippen LogP contribution >= 0.6 is 0 Å². The maximum atomic E-state index is 6.41. The molecule has 2 aromatic carbocycles. The second kappa shape index (κ2) is 8.54. The summed E-state index contributed by atoms with van der Waals surface area (Å²) in [6.07, 6.45) is 3.28. The zero-order valence-corrected chi connectivity index (χ0v) is 19.0. The van der Waals surface area contributed by atoms with Crippen molar-refractivity contribution in [1.29, 1.82) is 0 Å². The number of hydrogen-bond donors (Lipinski definition) is 1. The molecule has 150 valence electrons. The van der Waals surface area contributed by atoms with Crippen molar-refractivity contribution in [2.24, 2.45) is 0 Å². The van der Waals surface area contributed by atoms with Gasteiger partial charge in [0.1, 0.15) is 0 Å². The normalized spacial score (nSPS) is 12.5. The summed E-state index contributed by atoms with van der Waals surface area (Å²) in [5.74, 6) is 0. The fourth-order valence-corrected chi connectivity index (χ4v) is 4.26. The first-order valence-electron chi connectivity index (χ1n) is 10.3. The summed E-state index contributed by atoms with van der Waals surface area (Å²) in [4.78, 5) is 0. The Labute approximate surface area is 170 Å². The second-order valence-electron chi connectivity index (χ2n) is 9.02. The van der Waals surface area contributed by atoms with Gasteiger partial charge in [-0.25, -0.2) is 0 Å². The molecule has 1 aromatic heterocycles. The molecule has 1 heterocycles. The molecule has 1 N–H and O–H groups in total. The Morgan fingerprint density at radius 1 is 0.964 bits per heavy atom. The van der Waals surface area contributed by atoms with Crippen molar-refractivity contribution in [2.45, 2.75) is 51.9 Å². The van der Waals surface area contributed by atoms with Crippen molar-refractivity contribution in [3.05, 3.63) is 66.4 Å². The number of nitrogens with one attached hydrogen (secondary N) is 1. The third kappa shape index (κ3) is 4.86. The summed E-state index contributed by atoms with van der Waals surface area (Å²) in [7, 11) is -1.69. The Kier molecular flexibility index (Phi) is 6.31. The molecule has 0 fully saturated rings. The van der Waals surface area contributed by atoms with Crippen molar-refractivity contribution >= 4 is 24.9 Å². The van der Waals surface area contributed by atoms with Gasteiger partial charge in [0, 0.05) is 42.5 Å². The van der Waals surface area contributed by atoms with Crippen LogP contribution in [0.5, 0.6) is 0 Å². The van der Waals surface area contributed by atoms with Crippen LogP contribution in [0.15, 0.2) is 60.8 Å². The van der Waals surface area contributed by atoms with Crippen molar-refractivity contribution in [3.63, 3.8) is 0 Å². The van der Waals surface area contributed by atoms with Crippen LogP contribution in [0.3, 0.4) is 0 Å². The van der Waals surface area contributed by atoms with Gasteiger partial charge in [0.25, 0.3) is 0 Å². The fourth-order valence-electron chi connectivity index (χ4n) is 3.22. The number of fused-ring (bicyclic) bond motifs is 1. The Hall–Kier alpha value is -2.04. The van der Waals surface area contributed by atoms with Crippen molar-refractivity contribution < 1.29 is 4.43 Å². The Morgan fingerprint density at radius 2 is 1.64 bits per heavy atom. The lowest BCUT2D eigenvalue weighted by atomic mass is 10.1. The van der Waals surface area contributed by atoms with Crippen LogP contribution in [0.1, 0.15) is 26.3 Å². The molecular weight excluding hydrogens is 360 g/mol. The molecule has 0 saturated carbocycles. The van der Waals surface area contributed by atoms with E-state index in [-0.39, 0.29) is 5.04 Å². The molecule has 0 aliphatic heterocycles. The highest BCUT2D eigenvalue weighted by molar-refractivity contribution is 6.74. The Balaban J connectivity index is 1.66. The molecule has 0 spiro atoms. The van der Waals surface area contributed by atoms with Crippen LogP contribution in [-0.4, -0.2) is 26.0 Å². The number of benzene rings is 2. The number of anilines is 1. The van der Waals surface area contributed by atoms with E-state index in [1.165, 1.54) is 22.2 Å². The van der Waals surface area contributed by atoms with E-state index in [0.717, 1.165) is 26.1 Å². The lowest BCUT2D eigenvalue weighted by Crippen LogP contribution is -2.41. The van der Waals surface area contributed by atoms with Crippen LogP contribution in [0, 0.1) is 0 Å². The summed E-state index contributed by atoms with van der Waals surface area (Å²) in [6, 6.07) is 19.1. The minimum absolute atomic E-state index is 0.254. The van der Waals surface area contributed by atoms with Crippen LogP contribution < -0.4 is 5.32 Å². The van der Waals surface area contributed by atoms with Gasteiger partial charge in [0.05, 0.1) is 0 Å². The van der Waals surface area contributed by atoms with E-state index in [1.807, 2.05) is 6.07 Å². The van der Waals surface area contributed by atoms with E-state index in [1.54, 1.807) is 0 Å². The quantitative estimate of drug-likeness (QED) is 0.453. The molecule has 3 nitrogen and oxygen atoms in total. The largest absolute Gasteiger partial charge is 0.416 e. The van der Waals surface area contributed by atoms with Crippen molar-refractivity contribution in [3.8, 4) is 0 Å². The van der Waals surface area contributed by atoms with Crippen LogP contribution in [-0.2, 0) is 17.4 Å². The van der Waals surface area contributed by atoms with Gasteiger partial charge in [0.2, 0.25) is 0 Å². The molecule has 0 unspecified atom stereocenters. The smallest absolute Gasteiger partial charge is 0.191 e. The van der Waals surface area contributed by atoms with Gasteiger partial charge >= 0.3 is 0 Å². The van der Waals surface area contributed by atoms with Crippen LogP contribution in [0.25, 0.3) is 10.9 Å². The zero-order valence-electron chi connectivity index (χ0n) is 18.0. The monoisotopic (exact) mass is 394 g/mol. The Bertz CT molecular complexity index is 894. The van der Waals surface area contributed by atoms with E-state index < -0.39 is 8.32 Å². The third-order valence-electron chi connectivity index (χ3n) is 5.97. The van der Waals surface area contributed by atoms with Gasteiger partial charge in [-0.15, -0.1) is 0 Å². The third-order valence-corrected chi connectivity index (χ3v) is 10.5. The molecular formula is C24H34N2OSi. The van der Waals surface area contributed by atoms with Gasteiger partial charge in [-0.1, -0.05) is 57.2 Å². The number of aromatic nitrogens is 1. The number of hydrogen-bond acceptors (Lipinski definition) is 2. The van der Waals surface area contributed by atoms with Crippen molar-refractivity contribution in [1.82, 2.24) is 4.57 Å². The summed E-state index contributed by atoms with van der Waals surface area (Å²) in [6.45, 7) is 14.2. The SMILES string of the molecule is CC(C)(C)[Si](C)(C)OCCc1cn(CCNc2ccccc2)c2ccccc12. The highest BCUT2D eigenvalue weighted by Gasteiger charge is 2.36. The topological polar surface area (TPSA) is 26.2 Å². The zero-order chi connectivity index (χ0) is 20.2. The van der Waals surface area contributed by atoms with Crippen LogP contribution in [0.2, 0.25) is 18.1 Å². The molecule has 0 radical (unpaired) electrons. The molecule has 0 bridgehead atoms. The minimum atomic E-state index is -1.69. The standard InChI is InChI=1S/C24H34N2OSi/c1-24(2,3)28(4,5)27-18-15-20-19-26(23-14-10-9-13-22(20)23)17-16-25-21-11-7-6-8-12-21/h6-14,19,25H,15-18H2,1-5H3. The van der Waals surface area contributed by atoms with Gasteiger partial charge in [-0.2, -0.15) is 0 Å². The fraction of sp³-hybridized carbons (Fsp3) is 0.417. The first-order valence-corrected chi connectivity index (χ1v) is 13.2. The first kappa shape index (κ1) is 20.7. The van der Waals surface area contributed by atoms with Gasteiger partial charge in [0.15, 0.2) is 8.32 Å². The van der Waals surface area contributed by atoms with E-state index in [9.17, 15) is 0 Å². The van der Waals surface area contributed by atoms with E-state index >= 15 is 0 Å². The summed E-state index contributed by atoms with van der Waals surface area (Å²) < 4.78 is 8.78. The highest BCUT2D eigenvalue weighted by Crippen LogP contribution is 2.36. The molecule has 3 aromatic rings. The lowest BCUT2D eigenvalue weighted by Gasteiger charge is -2.36. The Morgan fingerprint density at radius 3 is 2.36 bits per heavy atom. The number of para-hydroxylation sites is 2. The molecule has 28 heavy (non-hydrogen) atoms. The lowest BCUT2D eigenvalue weighted by molar-refractivity contribution is 0.292. The first-order chi connectivity index (χ1) is 13.3. The second-order valence-corrected chi connectivity index (χ2v) is 13.8. The van der Waals surface area contributed by atoms with Gasteiger partial charge in [-0.05, 0) is 48.3 Å². The molecule has 0 aliphatic rings. The average molecular weight is 395 g/mol. The van der Waals surface area contributed by atoms with Gasteiger partial charge < -0.3 is 14.3 Å². The molecule has 0 atom stereocenters. The van der Waals surface area contributed by atoms with E-state index in [2.05, 4.69) is 98.5 Å². The summed E-state index contributed by atoms with van der Waals surface area (Å²) in [5.41, 5.74) is 3.86. The van der Waals surface area contributed by atoms with E-state index in [0.29, 0.717) is 0 Å². The number of nitrogens with zero attached hydrogens (tertiary/aromatic N) is 1. The molecule has 0 saturated heterocycles. The highest BCUT2D eigenvalue weighted by atomic mass is 28.4.